The first kappa shape index (κ1) is 25.3. The molecule has 0 aliphatic heterocycles. The fourth-order valence-electron chi connectivity index (χ4n) is 3.60. The molecule has 3 aromatic rings. The van der Waals surface area contributed by atoms with E-state index in [4.69, 9.17) is 4.74 Å². The number of amides is 1. The molecular weight excluding hydrogens is 448 g/mol. The third-order valence-corrected chi connectivity index (χ3v) is 5.49. The van der Waals surface area contributed by atoms with Crippen molar-refractivity contribution in [2.75, 3.05) is 6.61 Å². The molecule has 0 bridgehead atoms. The molecule has 180 valence electrons. The fraction of sp³-hybridized carbons (Fsp3) is 0.222. The molecule has 0 fully saturated rings. The quantitative estimate of drug-likeness (QED) is 0.203. The number of nitro benzene ring substituents is 1. The van der Waals surface area contributed by atoms with Crippen LogP contribution >= 0.6 is 0 Å². The number of ketones is 1. The van der Waals surface area contributed by atoms with Gasteiger partial charge in [-0.2, -0.15) is 0 Å². The number of nitrogens with one attached hydrogen (secondary N) is 1. The van der Waals surface area contributed by atoms with E-state index in [9.17, 15) is 24.5 Å². The van der Waals surface area contributed by atoms with E-state index in [-0.39, 0.29) is 23.1 Å². The van der Waals surface area contributed by atoms with Gasteiger partial charge >= 0.3 is 5.97 Å². The van der Waals surface area contributed by atoms with Gasteiger partial charge in [-0.15, -0.1) is 0 Å². The van der Waals surface area contributed by atoms with Crippen LogP contribution in [0.1, 0.15) is 41.3 Å². The first-order valence-electron chi connectivity index (χ1n) is 11.1. The Hall–Kier alpha value is -4.33. The van der Waals surface area contributed by atoms with Gasteiger partial charge in [-0.05, 0) is 29.2 Å². The molecule has 3 aromatic carbocycles. The number of non-ortho nitro benzene ring substituents is 1. The summed E-state index contributed by atoms with van der Waals surface area (Å²) >= 11 is 0. The standard InChI is InChI=1S/C27H26N2O6/c1-18(2)25(27(32)35-17-23(30)19-13-15-22(16-14-19)29(33)34)28-26(31)24(20-9-5-3-6-10-20)21-11-7-4-8-12-21/h3-16,18,24-25H,17H2,1-2H3,(H,28,31)/t25-/m1/s1. The zero-order valence-electron chi connectivity index (χ0n) is 19.4. The summed E-state index contributed by atoms with van der Waals surface area (Å²) in [6, 6.07) is 22.6. The van der Waals surface area contributed by atoms with Crippen molar-refractivity contribution in [3.63, 3.8) is 0 Å². The summed E-state index contributed by atoms with van der Waals surface area (Å²) in [5, 5.41) is 13.6. The lowest BCUT2D eigenvalue weighted by atomic mass is 9.90. The third-order valence-electron chi connectivity index (χ3n) is 5.49. The molecule has 1 N–H and O–H groups in total. The normalized spacial score (nSPS) is 11.7. The zero-order chi connectivity index (χ0) is 25.4. The predicted octanol–water partition coefficient (Wildman–Crippen LogP) is 4.29. The van der Waals surface area contributed by atoms with Gasteiger partial charge in [0.05, 0.1) is 10.8 Å². The molecule has 0 unspecified atom stereocenters. The highest BCUT2D eigenvalue weighted by Gasteiger charge is 2.31. The number of ether oxygens (including phenoxy) is 1. The molecule has 1 atom stereocenters. The Morgan fingerprint density at radius 1 is 0.857 bits per heavy atom. The maximum absolute atomic E-state index is 13.4. The highest BCUT2D eigenvalue weighted by Crippen LogP contribution is 2.25. The maximum atomic E-state index is 13.4. The first-order chi connectivity index (χ1) is 16.8. The van der Waals surface area contributed by atoms with E-state index >= 15 is 0 Å². The number of rotatable bonds is 10. The number of hydrogen-bond donors (Lipinski definition) is 1. The van der Waals surface area contributed by atoms with Gasteiger partial charge in [-0.25, -0.2) is 4.79 Å². The number of benzene rings is 3. The highest BCUT2D eigenvalue weighted by molar-refractivity contribution is 5.98. The van der Waals surface area contributed by atoms with Crippen molar-refractivity contribution in [3.05, 3.63) is 112 Å². The molecule has 0 saturated heterocycles. The van der Waals surface area contributed by atoms with Crippen molar-refractivity contribution >= 4 is 23.3 Å². The third kappa shape index (κ3) is 6.60. The number of hydrogen-bond acceptors (Lipinski definition) is 6. The summed E-state index contributed by atoms with van der Waals surface area (Å²) in [7, 11) is 0. The van der Waals surface area contributed by atoms with Crippen LogP contribution in [0.4, 0.5) is 5.69 Å². The zero-order valence-corrected chi connectivity index (χ0v) is 19.4. The molecule has 35 heavy (non-hydrogen) atoms. The van der Waals surface area contributed by atoms with Crippen LogP contribution in [0.5, 0.6) is 0 Å². The van der Waals surface area contributed by atoms with Crippen LogP contribution < -0.4 is 5.32 Å². The number of carbonyl (C=O) groups excluding carboxylic acids is 3. The Bertz CT molecular complexity index is 1140. The molecule has 0 aromatic heterocycles. The smallest absolute Gasteiger partial charge is 0.329 e. The van der Waals surface area contributed by atoms with Crippen LogP contribution in [0.3, 0.4) is 0 Å². The average molecular weight is 475 g/mol. The van der Waals surface area contributed by atoms with E-state index < -0.39 is 35.2 Å². The molecule has 0 aliphatic carbocycles. The van der Waals surface area contributed by atoms with Crippen LogP contribution in [-0.2, 0) is 14.3 Å². The lowest BCUT2D eigenvalue weighted by Crippen LogP contribution is -2.47. The number of esters is 1. The SMILES string of the molecule is CC(C)[C@@H](NC(=O)C(c1ccccc1)c1ccccc1)C(=O)OCC(=O)c1ccc([N+](=O)[O-])cc1. The summed E-state index contributed by atoms with van der Waals surface area (Å²) in [6.45, 7) is 2.99. The van der Waals surface area contributed by atoms with E-state index in [1.165, 1.54) is 24.3 Å². The maximum Gasteiger partial charge on any atom is 0.329 e. The molecule has 0 spiro atoms. The second-order valence-electron chi connectivity index (χ2n) is 8.32. The van der Waals surface area contributed by atoms with E-state index in [0.717, 1.165) is 11.1 Å². The minimum Gasteiger partial charge on any atom is -0.456 e. The second-order valence-corrected chi connectivity index (χ2v) is 8.32. The largest absolute Gasteiger partial charge is 0.456 e. The summed E-state index contributed by atoms with van der Waals surface area (Å²) in [5.74, 6) is -2.53. The average Bonchev–Trinajstić information content (AvgIpc) is 2.87. The molecule has 0 aliphatic rings. The Labute approximate surface area is 203 Å². The fourth-order valence-corrected chi connectivity index (χ4v) is 3.60. The number of carbonyl (C=O) groups is 3. The molecule has 3 rings (SSSR count). The van der Waals surface area contributed by atoms with Gasteiger partial charge in [-0.3, -0.25) is 19.7 Å². The van der Waals surface area contributed by atoms with Crippen molar-refractivity contribution < 1.29 is 24.0 Å². The number of nitro groups is 1. The molecule has 8 heteroatoms. The Morgan fingerprint density at radius 3 is 1.83 bits per heavy atom. The van der Waals surface area contributed by atoms with Gasteiger partial charge in [-0.1, -0.05) is 74.5 Å². The van der Waals surface area contributed by atoms with Crippen molar-refractivity contribution in [3.8, 4) is 0 Å². The number of nitrogens with zero attached hydrogens (tertiary/aromatic N) is 1. The topological polar surface area (TPSA) is 116 Å². The lowest BCUT2D eigenvalue weighted by Gasteiger charge is -2.24. The summed E-state index contributed by atoms with van der Waals surface area (Å²) in [6.07, 6.45) is 0. The van der Waals surface area contributed by atoms with Gasteiger partial charge in [0, 0.05) is 17.7 Å². The minimum atomic E-state index is -0.970. The molecular formula is C27H26N2O6. The van der Waals surface area contributed by atoms with Gasteiger partial charge in [0.25, 0.3) is 5.69 Å². The van der Waals surface area contributed by atoms with Crippen molar-refractivity contribution in [2.24, 2.45) is 5.92 Å². The van der Waals surface area contributed by atoms with E-state index in [1.807, 2.05) is 60.7 Å². The van der Waals surface area contributed by atoms with Gasteiger partial charge < -0.3 is 10.1 Å². The summed E-state index contributed by atoms with van der Waals surface area (Å²) < 4.78 is 5.21. The van der Waals surface area contributed by atoms with Crippen LogP contribution in [0.2, 0.25) is 0 Å². The molecule has 8 nitrogen and oxygen atoms in total. The van der Waals surface area contributed by atoms with Gasteiger partial charge in [0.1, 0.15) is 6.04 Å². The van der Waals surface area contributed by atoms with E-state index in [2.05, 4.69) is 5.32 Å². The Balaban J connectivity index is 1.71. The van der Waals surface area contributed by atoms with Crippen molar-refractivity contribution in [1.82, 2.24) is 5.32 Å². The Morgan fingerprint density at radius 2 is 1.37 bits per heavy atom. The van der Waals surface area contributed by atoms with Crippen LogP contribution in [0.25, 0.3) is 0 Å². The van der Waals surface area contributed by atoms with Crippen molar-refractivity contribution in [1.29, 1.82) is 0 Å². The molecule has 1 amide bonds. The number of Topliss-reactive ketones (excluding diaryl/α,β-unsaturated/α-hetero) is 1. The Kier molecular flexibility index (Phi) is 8.45. The second kappa shape index (κ2) is 11.7. The van der Waals surface area contributed by atoms with Gasteiger partial charge in [0.2, 0.25) is 5.91 Å². The van der Waals surface area contributed by atoms with E-state index in [1.54, 1.807) is 13.8 Å². The monoisotopic (exact) mass is 474 g/mol. The molecule has 0 radical (unpaired) electrons. The minimum absolute atomic E-state index is 0.146. The van der Waals surface area contributed by atoms with Crippen LogP contribution in [-0.4, -0.2) is 35.2 Å². The summed E-state index contributed by atoms with van der Waals surface area (Å²) in [4.78, 5) is 48.8. The highest BCUT2D eigenvalue weighted by atomic mass is 16.6. The molecule has 0 heterocycles. The van der Waals surface area contributed by atoms with Crippen LogP contribution in [0.15, 0.2) is 84.9 Å². The van der Waals surface area contributed by atoms with Crippen LogP contribution in [0, 0.1) is 16.0 Å². The first-order valence-corrected chi connectivity index (χ1v) is 11.1. The lowest BCUT2D eigenvalue weighted by molar-refractivity contribution is -0.384. The predicted molar refractivity (Wildman–Crippen MR) is 130 cm³/mol. The van der Waals surface area contributed by atoms with Gasteiger partial charge in [0.15, 0.2) is 12.4 Å². The molecule has 0 saturated carbocycles. The summed E-state index contributed by atoms with van der Waals surface area (Å²) in [5.41, 5.74) is 1.59. The van der Waals surface area contributed by atoms with Crippen molar-refractivity contribution in [2.45, 2.75) is 25.8 Å². The van der Waals surface area contributed by atoms with E-state index in [0.29, 0.717) is 0 Å².